The van der Waals surface area contributed by atoms with Crippen molar-refractivity contribution in [2.45, 2.75) is 39.2 Å². The van der Waals surface area contributed by atoms with E-state index in [4.69, 9.17) is 4.74 Å². The van der Waals surface area contributed by atoms with Crippen molar-refractivity contribution in [3.63, 3.8) is 0 Å². The largest absolute Gasteiger partial charge is 0.494 e. The van der Waals surface area contributed by atoms with Gasteiger partial charge in [-0.2, -0.15) is 0 Å². The van der Waals surface area contributed by atoms with E-state index in [0.717, 1.165) is 30.8 Å². The summed E-state index contributed by atoms with van der Waals surface area (Å²) < 4.78 is 5.64. The average Bonchev–Trinajstić information content (AvgIpc) is 2.99. The highest BCUT2D eigenvalue weighted by Crippen LogP contribution is 2.43. The van der Waals surface area contributed by atoms with Crippen LogP contribution in [0.2, 0.25) is 0 Å². The first-order valence-corrected chi connectivity index (χ1v) is 8.46. The van der Waals surface area contributed by atoms with Crippen molar-refractivity contribution in [2.24, 2.45) is 11.3 Å². The van der Waals surface area contributed by atoms with Gasteiger partial charge in [0.2, 0.25) is 5.91 Å². The third kappa shape index (κ3) is 2.84. The van der Waals surface area contributed by atoms with E-state index in [-0.39, 0.29) is 11.3 Å². The van der Waals surface area contributed by atoms with Gasteiger partial charge in [0.15, 0.2) is 0 Å². The van der Waals surface area contributed by atoms with Gasteiger partial charge in [0.1, 0.15) is 5.75 Å². The molecule has 1 amide bonds. The molecule has 1 aliphatic carbocycles. The fourth-order valence-corrected chi connectivity index (χ4v) is 3.99. The van der Waals surface area contributed by atoms with Crippen LogP contribution in [-0.4, -0.2) is 25.6 Å². The van der Waals surface area contributed by atoms with Crippen molar-refractivity contribution < 1.29 is 9.53 Å². The van der Waals surface area contributed by atoms with Gasteiger partial charge in [-0.1, -0.05) is 31.0 Å². The van der Waals surface area contributed by atoms with Gasteiger partial charge < -0.3 is 15.4 Å². The topological polar surface area (TPSA) is 50.4 Å². The summed E-state index contributed by atoms with van der Waals surface area (Å²) in [4.78, 5) is 12.9. The molecule has 1 saturated carbocycles. The molecule has 3 rings (SSSR count). The fraction of sp³-hybridized carbons (Fsp3) is 0.611. The first kappa shape index (κ1) is 15.3. The molecule has 0 aromatic heterocycles. The summed E-state index contributed by atoms with van der Waals surface area (Å²) in [5.41, 5.74) is 0.867. The summed E-state index contributed by atoms with van der Waals surface area (Å²) >= 11 is 0. The molecule has 0 bridgehead atoms. The van der Waals surface area contributed by atoms with Gasteiger partial charge in [-0.05, 0) is 38.3 Å². The van der Waals surface area contributed by atoms with E-state index in [1.807, 2.05) is 31.2 Å². The Morgan fingerprint density at radius 2 is 2.27 bits per heavy atom. The number of carbonyl (C=O) groups excluding carboxylic acids is 1. The second-order valence-electron chi connectivity index (χ2n) is 6.45. The van der Waals surface area contributed by atoms with E-state index in [9.17, 15) is 4.79 Å². The molecule has 1 aromatic rings. The molecule has 4 nitrogen and oxygen atoms in total. The molecule has 120 valence electrons. The third-order valence-corrected chi connectivity index (χ3v) is 5.20. The second-order valence-corrected chi connectivity index (χ2v) is 6.45. The minimum Gasteiger partial charge on any atom is -0.494 e. The van der Waals surface area contributed by atoms with E-state index in [1.165, 1.54) is 19.3 Å². The van der Waals surface area contributed by atoms with Gasteiger partial charge in [0, 0.05) is 18.7 Å². The minimum atomic E-state index is -0.182. The number of amides is 1. The van der Waals surface area contributed by atoms with Gasteiger partial charge in [-0.15, -0.1) is 0 Å². The van der Waals surface area contributed by atoms with Gasteiger partial charge in [-0.3, -0.25) is 4.79 Å². The normalized spacial score (nSPS) is 27.2. The summed E-state index contributed by atoms with van der Waals surface area (Å²) in [5, 5.41) is 6.60. The third-order valence-electron chi connectivity index (χ3n) is 5.20. The Bertz CT molecular complexity index is 532. The lowest BCUT2D eigenvalue weighted by atomic mass is 9.67. The highest BCUT2D eigenvalue weighted by atomic mass is 16.5. The van der Waals surface area contributed by atoms with Gasteiger partial charge in [-0.25, -0.2) is 0 Å². The predicted octanol–water partition coefficient (Wildman–Crippen LogP) is 2.48. The Kier molecular flexibility index (Phi) is 4.67. The van der Waals surface area contributed by atoms with Crippen LogP contribution in [0, 0.1) is 11.3 Å². The number of rotatable bonds is 5. The molecular formula is C18H26N2O2. The molecule has 2 aliphatic rings. The lowest BCUT2D eigenvalue weighted by molar-refractivity contribution is -0.134. The van der Waals surface area contributed by atoms with Crippen LogP contribution < -0.4 is 15.4 Å². The number of hydrogen-bond acceptors (Lipinski definition) is 3. The lowest BCUT2D eigenvalue weighted by Crippen LogP contribution is -2.47. The number of hydrogen-bond donors (Lipinski definition) is 2. The second kappa shape index (κ2) is 6.69. The van der Waals surface area contributed by atoms with Crippen LogP contribution in [0.15, 0.2) is 24.3 Å². The Morgan fingerprint density at radius 1 is 1.41 bits per heavy atom. The smallest absolute Gasteiger partial charge is 0.228 e. The minimum absolute atomic E-state index is 0.182. The van der Waals surface area contributed by atoms with E-state index in [1.54, 1.807) is 0 Å². The first-order valence-electron chi connectivity index (χ1n) is 8.46. The maximum Gasteiger partial charge on any atom is 0.228 e. The zero-order valence-electron chi connectivity index (χ0n) is 13.4. The Morgan fingerprint density at radius 3 is 3.14 bits per heavy atom. The van der Waals surface area contributed by atoms with E-state index in [2.05, 4.69) is 10.6 Å². The van der Waals surface area contributed by atoms with Gasteiger partial charge in [0.25, 0.3) is 0 Å². The van der Waals surface area contributed by atoms with Crippen LogP contribution in [0.4, 0.5) is 0 Å². The summed E-state index contributed by atoms with van der Waals surface area (Å²) in [7, 11) is 0. The molecule has 2 N–H and O–H groups in total. The molecule has 0 radical (unpaired) electrons. The molecule has 1 aliphatic heterocycles. The number of carbonyl (C=O) groups is 1. The number of nitrogens with one attached hydrogen (secondary N) is 2. The van der Waals surface area contributed by atoms with Crippen LogP contribution in [-0.2, 0) is 11.3 Å². The molecule has 22 heavy (non-hydrogen) atoms. The molecular weight excluding hydrogens is 276 g/mol. The molecule has 4 heteroatoms. The maximum absolute atomic E-state index is 12.9. The highest BCUT2D eigenvalue weighted by Gasteiger charge is 2.49. The monoisotopic (exact) mass is 302 g/mol. The molecule has 0 spiro atoms. The molecule has 1 heterocycles. The summed E-state index contributed by atoms with van der Waals surface area (Å²) in [6, 6.07) is 7.94. The highest BCUT2D eigenvalue weighted by molar-refractivity contribution is 5.84. The van der Waals surface area contributed by atoms with Crippen molar-refractivity contribution >= 4 is 5.91 Å². The zero-order chi connectivity index (χ0) is 15.4. The quantitative estimate of drug-likeness (QED) is 0.878. The number of benzene rings is 1. The predicted molar refractivity (Wildman–Crippen MR) is 86.7 cm³/mol. The van der Waals surface area contributed by atoms with Crippen molar-refractivity contribution in [1.29, 1.82) is 0 Å². The average molecular weight is 302 g/mol. The lowest BCUT2D eigenvalue weighted by Gasteiger charge is -2.37. The Labute approximate surface area is 132 Å². The maximum atomic E-state index is 12.9. The van der Waals surface area contributed by atoms with E-state index < -0.39 is 0 Å². The van der Waals surface area contributed by atoms with Crippen LogP contribution in [0.25, 0.3) is 0 Å². The van der Waals surface area contributed by atoms with E-state index in [0.29, 0.717) is 19.1 Å². The number of fused-ring (bicyclic) bond motifs is 1. The molecule has 1 saturated heterocycles. The first-order chi connectivity index (χ1) is 10.8. The fourth-order valence-electron chi connectivity index (χ4n) is 3.99. The van der Waals surface area contributed by atoms with Crippen LogP contribution in [0.5, 0.6) is 5.75 Å². The Hall–Kier alpha value is -1.55. The summed E-state index contributed by atoms with van der Waals surface area (Å²) in [6.45, 7) is 4.98. The number of para-hydroxylation sites is 1. The van der Waals surface area contributed by atoms with E-state index >= 15 is 0 Å². The number of ether oxygens (including phenoxy) is 1. The SMILES string of the molecule is CCOc1ccccc1CNC(=O)[C@@]12CCCC[C@H]1CNC2. The zero-order valence-corrected chi connectivity index (χ0v) is 13.4. The molecule has 1 aromatic carbocycles. The summed E-state index contributed by atoms with van der Waals surface area (Å²) in [5.74, 6) is 1.59. The standard InChI is InChI=1S/C18H26N2O2/c1-2-22-16-9-4-3-7-14(16)11-20-17(21)18-10-6-5-8-15(18)12-19-13-18/h3-4,7,9,15,19H,2,5-6,8,10-13H2,1H3,(H,20,21)/t15-,18+/m0/s1. The van der Waals surface area contributed by atoms with Gasteiger partial charge >= 0.3 is 0 Å². The molecule has 2 fully saturated rings. The Balaban J connectivity index is 1.67. The van der Waals surface area contributed by atoms with Crippen molar-refractivity contribution in [2.75, 3.05) is 19.7 Å². The van der Waals surface area contributed by atoms with Crippen molar-refractivity contribution in [1.82, 2.24) is 10.6 Å². The van der Waals surface area contributed by atoms with Crippen molar-refractivity contribution in [3.05, 3.63) is 29.8 Å². The molecule has 0 unspecified atom stereocenters. The van der Waals surface area contributed by atoms with Crippen molar-refractivity contribution in [3.8, 4) is 5.75 Å². The van der Waals surface area contributed by atoms with Gasteiger partial charge in [0.05, 0.1) is 12.0 Å². The molecule has 2 atom stereocenters. The van der Waals surface area contributed by atoms with Crippen LogP contribution >= 0.6 is 0 Å². The van der Waals surface area contributed by atoms with Crippen LogP contribution in [0.3, 0.4) is 0 Å². The summed E-state index contributed by atoms with van der Waals surface area (Å²) in [6.07, 6.45) is 4.62. The van der Waals surface area contributed by atoms with Crippen LogP contribution in [0.1, 0.15) is 38.2 Å².